The average Bonchev–Trinajstić information content (AvgIpc) is 2.56. The van der Waals surface area contributed by atoms with Crippen molar-refractivity contribution in [3.63, 3.8) is 0 Å². The number of benzene rings is 2. The van der Waals surface area contributed by atoms with Crippen molar-refractivity contribution in [3.05, 3.63) is 52.5 Å². The van der Waals surface area contributed by atoms with Crippen LogP contribution in [0.5, 0.6) is 11.5 Å². The van der Waals surface area contributed by atoms with Gasteiger partial charge in [-0.3, -0.25) is 4.79 Å². The number of hydrogen-bond acceptors (Lipinski definition) is 3. The van der Waals surface area contributed by atoms with Gasteiger partial charge in [0.1, 0.15) is 0 Å². The quantitative estimate of drug-likeness (QED) is 0.759. The first-order valence-electron chi connectivity index (χ1n) is 8.02. The van der Waals surface area contributed by atoms with Gasteiger partial charge in [-0.05, 0) is 44.0 Å². The number of halogens is 1. The van der Waals surface area contributed by atoms with E-state index in [1.165, 1.54) is 0 Å². The highest BCUT2D eigenvalue weighted by Gasteiger charge is 2.16. The molecule has 0 radical (unpaired) electrons. The molecule has 0 heterocycles. The third-order valence-electron chi connectivity index (χ3n) is 3.42. The van der Waals surface area contributed by atoms with Crippen LogP contribution in [0.15, 0.2) is 36.4 Å². The number of hydrogen-bond donors (Lipinski definition) is 1. The van der Waals surface area contributed by atoms with Crippen LogP contribution >= 0.6 is 11.6 Å². The number of carbonyl (C=O) groups is 1. The number of anilines is 1. The van der Waals surface area contributed by atoms with Gasteiger partial charge in [0, 0.05) is 11.3 Å². The fourth-order valence-electron chi connectivity index (χ4n) is 2.21. The van der Waals surface area contributed by atoms with Gasteiger partial charge in [-0.1, -0.05) is 36.7 Å². The van der Waals surface area contributed by atoms with Crippen molar-refractivity contribution in [2.24, 2.45) is 0 Å². The molecule has 0 bridgehead atoms. The summed E-state index contributed by atoms with van der Waals surface area (Å²) in [6.07, 6.45) is 0.859. The largest absolute Gasteiger partial charge is 0.490 e. The molecule has 2 aromatic carbocycles. The van der Waals surface area contributed by atoms with Crippen molar-refractivity contribution in [2.45, 2.75) is 27.2 Å². The molecule has 1 amide bonds. The van der Waals surface area contributed by atoms with Crippen LogP contribution in [0.1, 0.15) is 36.2 Å². The minimum atomic E-state index is -0.241. The first kappa shape index (κ1) is 18.1. The Morgan fingerprint density at radius 3 is 2.58 bits per heavy atom. The summed E-state index contributed by atoms with van der Waals surface area (Å²) in [5.41, 5.74) is 2.18. The lowest BCUT2D eigenvalue weighted by Gasteiger charge is -2.15. The van der Waals surface area contributed by atoms with E-state index in [9.17, 15) is 4.79 Å². The van der Waals surface area contributed by atoms with Gasteiger partial charge in [0.15, 0.2) is 11.5 Å². The Morgan fingerprint density at radius 2 is 1.92 bits per heavy atom. The lowest BCUT2D eigenvalue weighted by molar-refractivity contribution is 0.102. The molecule has 0 aliphatic carbocycles. The Bertz CT molecular complexity index is 716. The third-order valence-corrected chi connectivity index (χ3v) is 3.70. The average molecular weight is 348 g/mol. The van der Waals surface area contributed by atoms with Crippen LogP contribution in [0.2, 0.25) is 5.02 Å². The predicted octanol–water partition coefficient (Wildman–Crippen LogP) is 5.09. The normalized spacial score (nSPS) is 10.3. The fourth-order valence-corrected chi connectivity index (χ4v) is 2.48. The summed E-state index contributed by atoms with van der Waals surface area (Å²) in [7, 11) is 0. The van der Waals surface area contributed by atoms with Crippen molar-refractivity contribution >= 4 is 23.2 Å². The van der Waals surface area contributed by atoms with Gasteiger partial charge in [-0.25, -0.2) is 0 Å². The molecule has 0 spiro atoms. The van der Waals surface area contributed by atoms with E-state index in [0.717, 1.165) is 17.7 Å². The Balaban J connectivity index is 2.29. The van der Waals surface area contributed by atoms with Crippen LogP contribution in [0.25, 0.3) is 0 Å². The SMILES string of the molecule is CCCOc1c(Cl)cc(C(=O)Nc2ccccc2C)cc1OCC. The highest BCUT2D eigenvalue weighted by atomic mass is 35.5. The van der Waals surface area contributed by atoms with E-state index in [2.05, 4.69) is 5.32 Å². The molecule has 1 N–H and O–H groups in total. The zero-order chi connectivity index (χ0) is 17.5. The maximum atomic E-state index is 12.5. The van der Waals surface area contributed by atoms with Crippen molar-refractivity contribution < 1.29 is 14.3 Å². The predicted molar refractivity (Wildman–Crippen MR) is 97.5 cm³/mol. The Morgan fingerprint density at radius 1 is 1.17 bits per heavy atom. The monoisotopic (exact) mass is 347 g/mol. The van der Waals surface area contributed by atoms with E-state index in [1.807, 2.05) is 45.0 Å². The first-order valence-corrected chi connectivity index (χ1v) is 8.40. The van der Waals surface area contributed by atoms with E-state index in [-0.39, 0.29) is 5.91 Å². The van der Waals surface area contributed by atoms with Gasteiger partial charge >= 0.3 is 0 Å². The highest BCUT2D eigenvalue weighted by molar-refractivity contribution is 6.32. The van der Waals surface area contributed by atoms with Crippen LogP contribution in [-0.4, -0.2) is 19.1 Å². The van der Waals surface area contributed by atoms with E-state index in [1.54, 1.807) is 12.1 Å². The molecule has 0 saturated carbocycles. The van der Waals surface area contributed by atoms with Gasteiger partial charge in [-0.2, -0.15) is 0 Å². The number of amides is 1. The molecule has 2 rings (SSSR count). The second kappa shape index (κ2) is 8.60. The van der Waals surface area contributed by atoms with Crippen molar-refractivity contribution in [1.82, 2.24) is 0 Å². The summed E-state index contributed by atoms with van der Waals surface area (Å²) in [5, 5.41) is 3.26. The molecule has 5 heteroatoms. The molecule has 0 aliphatic heterocycles. The maximum absolute atomic E-state index is 12.5. The minimum absolute atomic E-state index is 0.241. The molecule has 4 nitrogen and oxygen atoms in total. The van der Waals surface area contributed by atoms with Gasteiger partial charge in [0.2, 0.25) is 0 Å². The zero-order valence-electron chi connectivity index (χ0n) is 14.2. The number of para-hydroxylation sites is 1. The maximum Gasteiger partial charge on any atom is 0.255 e. The van der Waals surface area contributed by atoms with Crippen molar-refractivity contribution in [3.8, 4) is 11.5 Å². The zero-order valence-corrected chi connectivity index (χ0v) is 14.9. The molecular weight excluding hydrogens is 326 g/mol. The summed E-state index contributed by atoms with van der Waals surface area (Å²) < 4.78 is 11.2. The summed E-state index contributed by atoms with van der Waals surface area (Å²) in [6, 6.07) is 10.9. The van der Waals surface area contributed by atoms with Crippen LogP contribution in [0.4, 0.5) is 5.69 Å². The first-order chi connectivity index (χ1) is 11.6. The summed E-state index contributed by atoms with van der Waals surface area (Å²) in [5.74, 6) is 0.718. The van der Waals surface area contributed by atoms with E-state index < -0.39 is 0 Å². The van der Waals surface area contributed by atoms with Crippen LogP contribution in [-0.2, 0) is 0 Å². The number of rotatable bonds is 7. The lowest BCUT2D eigenvalue weighted by Crippen LogP contribution is -2.13. The number of ether oxygens (including phenoxy) is 2. The molecule has 2 aromatic rings. The van der Waals surface area contributed by atoms with Gasteiger partial charge in [0.05, 0.1) is 18.2 Å². The fraction of sp³-hybridized carbons (Fsp3) is 0.316. The number of nitrogens with one attached hydrogen (secondary N) is 1. The highest BCUT2D eigenvalue weighted by Crippen LogP contribution is 2.37. The molecule has 0 fully saturated rings. The van der Waals surface area contributed by atoms with Crippen LogP contribution < -0.4 is 14.8 Å². The topological polar surface area (TPSA) is 47.6 Å². The molecule has 0 aliphatic rings. The van der Waals surface area contributed by atoms with E-state index in [0.29, 0.717) is 35.3 Å². The molecule has 0 saturated heterocycles. The van der Waals surface area contributed by atoms with Gasteiger partial charge < -0.3 is 14.8 Å². The van der Waals surface area contributed by atoms with Crippen LogP contribution in [0, 0.1) is 6.92 Å². The molecule has 128 valence electrons. The molecular formula is C19H22ClNO3. The molecule has 0 atom stereocenters. The van der Waals surface area contributed by atoms with Gasteiger partial charge in [0.25, 0.3) is 5.91 Å². The summed E-state index contributed by atoms with van der Waals surface area (Å²) in [4.78, 5) is 12.5. The third kappa shape index (κ3) is 4.42. The van der Waals surface area contributed by atoms with E-state index >= 15 is 0 Å². The van der Waals surface area contributed by atoms with Crippen molar-refractivity contribution in [1.29, 1.82) is 0 Å². The summed E-state index contributed by atoms with van der Waals surface area (Å²) in [6.45, 7) is 6.82. The van der Waals surface area contributed by atoms with Crippen LogP contribution in [0.3, 0.4) is 0 Å². The Labute approximate surface area is 147 Å². The lowest BCUT2D eigenvalue weighted by atomic mass is 10.1. The standard InChI is InChI=1S/C19H22ClNO3/c1-4-10-24-18-15(20)11-14(12-17(18)23-5-2)19(22)21-16-9-7-6-8-13(16)3/h6-9,11-12H,4-5,10H2,1-3H3,(H,21,22). The second-order valence-corrected chi connectivity index (χ2v) is 5.74. The Kier molecular flexibility index (Phi) is 6.50. The second-order valence-electron chi connectivity index (χ2n) is 5.34. The summed E-state index contributed by atoms with van der Waals surface area (Å²) >= 11 is 6.30. The number of carbonyl (C=O) groups excluding carboxylic acids is 1. The number of aryl methyl sites for hydroxylation is 1. The Hall–Kier alpha value is -2.20. The van der Waals surface area contributed by atoms with Crippen molar-refractivity contribution in [2.75, 3.05) is 18.5 Å². The molecule has 24 heavy (non-hydrogen) atoms. The van der Waals surface area contributed by atoms with Gasteiger partial charge in [-0.15, -0.1) is 0 Å². The smallest absolute Gasteiger partial charge is 0.255 e. The van der Waals surface area contributed by atoms with E-state index in [4.69, 9.17) is 21.1 Å². The minimum Gasteiger partial charge on any atom is -0.490 e. The molecule has 0 unspecified atom stereocenters. The molecule has 0 aromatic heterocycles.